The number of benzene rings is 2. The fourth-order valence-electron chi connectivity index (χ4n) is 3.61. The molecule has 1 aromatic heterocycles. The van der Waals surface area contributed by atoms with Crippen molar-refractivity contribution in [2.24, 2.45) is 5.92 Å². The highest BCUT2D eigenvalue weighted by molar-refractivity contribution is 5.89. The van der Waals surface area contributed by atoms with Crippen molar-refractivity contribution in [2.45, 2.75) is 33.0 Å². The molecule has 2 amide bonds. The van der Waals surface area contributed by atoms with Crippen molar-refractivity contribution in [2.75, 3.05) is 6.54 Å². The molecule has 1 fully saturated rings. The Bertz CT molecular complexity index is 997. The van der Waals surface area contributed by atoms with Crippen molar-refractivity contribution in [3.05, 3.63) is 83.4 Å². The van der Waals surface area contributed by atoms with Crippen molar-refractivity contribution in [3.8, 4) is 0 Å². The molecule has 1 saturated heterocycles. The lowest BCUT2D eigenvalue weighted by Gasteiger charge is -2.17. The van der Waals surface area contributed by atoms with Crippen LogP contribution in [0.25, 0.3) is 0 Å². The number of nitrogens with zero attached hydrogens (tertiary/aromatic N) is 4. The van der Waals surface area contributed by atoms with Gasteiger partial charge in [0.2, 0.25) is 11.8 Å². The van der Waals surface area contributed by atoms with Crippen LogP contribution in [0.2, 0.25) is 0 Å². The van der Waals surface area contributed by atoms with E-state index < -0.39 is 0 Å². The standard InChI is InChI=1S/C23H25N5O2/c1-17-2-4-19(5-3-17)12-27-14-21(10-22(27)29)23(30)25-11-18-6-8-20(9-7-18)13-28-16-24-15-26-28/h2-9,15-16,21H,10-14H2,1H3,(H,25,30). The molecule has 4 rings (SSSR count). The minimum atomic E-state index is -0.297. The predicted molar refractivity (Wildman–Crippen MR) is 112 cm³/mol. The first-order chi connectivity index (χ1) is 14.6. The van der Waals surface area contributed by atoms with Crippen LogP contribution in [-0.2, 0) is 29.2 Å². The summed E-state index contributed by atoms with van der Waals surface area (Å²) in [6.07, 6.45) is 3.47. The summed E-state index contributed by atoms with van der Waals surface area (Å²) >= 11 is 0. The van der Waals surface area contributed by atoms with E-state index in [1.165, 1.54) is 11.9 Å². The number of likely N-dealkylation sites (tertiary alicyclic amines) is 1. The molecule has 1 aliphatic heterocycles. The lowest BCUT2D eigenvalue weighted by atomic mass is 10.1. The molecule has 2 heterocycles. The van der Waals surface area contributed by atoms with Crippen molar-refractivity contribution in [3.63, 3.8) is 0 Å². The zero-order chi connectivity index (χ0) is 20.9. The van der Waals surface area contributed by atoms with Gasteiger partial charge in [-0.2, -0.15) is 5.10 Å². The van der Waals surface area contributed by atoms with Gasteiger partial charge in [-0.25, -0.2) is 9.67 Å². The SMILES string of the molecule is Cc1ccc(CN2CC(C(=O)NCc3ccc(Cn4cncn4)cc3)CC2=O)cc1. The van der Waals surface area contributed by atoms with Crippen molar-refractivity contribution >= 4 is 11.8 Å². The average Bonchev–Trinajstić information content (AvgIpc) is 3.39. The van der Waals surface area contributed by atoms with Gasteiger partial charge in [0.15, 0.2) is 0 Å². The van der Waals surface area contributed by atoms with Crippen LogP contribution in [0, 0.1) is 12.8 Å². The number of aromatic nitrogens is 3. The number of carbonyl (C=O) groups is 2. The number of hydrogen-bond donors (Lipinski definition) is 1. The van der Waals surface area contributed by atoms with Gasteiger partial charge in [-0.3, -0.25) is 9.59 Å². The third-order valence-electron chi connectivity index (χ3n) is 5.38. The van der Waals surface area contributed by atoms with E-state index in [1.54, 1.807) is 15.9 Å². The second kappa shape index (κ2) is 8.90. The van der Waals surface area contributed by atoms with Gasteiger partial charge in [0.25, 0.3) is 0 Å². The Kier molecular flexibility index (Phi) is 5.88. The van der Waals surface area contributed by atoms with E-state index in [-0.39, 0.29) is 24.2 Å². The van der Waals surface area contributed by atoms with Crippen LogP contribution in [0.5, 0.6) is 0 Å². The van der Waals surface area contributed by atoms with E-state index in [2.05, 4.69) is 15.4 Å². The van der Waals surface area contributed by atoms with E-state index in [0.29, 0.717) is 26.2 Å². The van der Waals surface area contributed by atoms with Crippen molar-refractivity contribution in [1.29, 1.82) is 0 Å². The fourth-order valence-corrected chi connectivity index (χ4v) is 3.61. The molecule has 1 aliphatic rings. The van der Waals surface area contributed by atoms with Crippen LogP contribution in [0.1, 0.15) is 28.7 Å². The molecule has 2 aromatic carbocycles. The van der Waals surface area contributed by atoms with Crippen molar-refractivity contribution in [1.82, 2.24) is 25.0 Å². The van der Waals surface area contributed by atoms with Gasteiger partial charge in [0, 0.05) is 26.1 Å². The summed E-state index contributed by atoms with van der Waals surface area (Å²) in [6, 6.07) is 16.2. The topological polar surface area (TPSA) is 80.1 Å². The zero-order valence-electron chi connectivity index (χ0n) is 17.0. The molecule has 154 valence electrons. The van der Waals surface area contributed by atoms with Crippen LogP contribution in [-0.4, -0.2) is 38.0 Å². The molecule has 1 unspecified atom stereocenters. The second-order valence-corrected chi connectivity index (χ2v) is 7.79. The number of nitrogens with one attached hydrogen (secondary N) is 1. The highest BCUT2D eigenvalue weighted by atomic mass is 16.2. The molecule has 0 radical (unpaired) electrons. The molecule has 0 aliphatic carbocycles. The molecule has 7 heteroatoms. The second-order valence-electron chi connectivity index (χ2n) is 7.79. The maximum atomic E-state index is 12.6. The van der Waals surface area contributed by atoms with Gasteiger partial charge in [-0.05, 0) is 23.6 Å². The summed E-state index contributed by atoms with van der Waals surface area (Å²) in [6.45, 7) is 4.17. The molecule has 1 atom stereocenters. The molecule has 0 saturated carbocycles. The first-order valence-corrected chi connectivity index (χ1v) is 10.1. The van der Waals surface area contributed by atoms with E-state index in [4.69, 9.17) is 0 Å². The van der Waals surface area contributed by atoms with Gasteiger partial charge in [-0.15, -0.1) is 0 Å². The Morgan fingerprint density at radius 3 is 2.40 bits per heavy atom. The highest BCUT2D eigenvalue weighted by Crippen LogP contribution is 2.21. The molecule has 0 bridgehead atoms. The summed E-state index contributed by atoms with van der Waals surface area (Å²) < 4.78 is 1.76. The van der Waals surface area contributed by atoms with Gasteiger partial charge in [0.05, 0.1) is 12.5 Å². The molecular weight excluding hydrogens is 378 g/mol. The van der Waals surface area contributed by atoms with Gasteiger partial charge >= 0.3 is 0 Å². The first-order valence-electron chi connectivity index (χ1n) is 10.1. The number of hydrogen-bond acceptors (Lipinski definition) is 4. The maximum absolute atomic E-state index is 12.6. The number of amides is 2. The molecule has 30 heavy (non-hydrogen) atoms. The number of aryl methyl sites for hydroxylation is 1. The van der Waals surface area contributed by atoms with Crippen LogP contribution < -0.4 is 5.32 Å². The van der Waals surface area contributed by atoms with Crippen LogP contribution in [0.4, 0.5) is 0 Å². The predicted octanol–water partition coefficient (Wildman–Crippen LogP) is 2.30. The minimum absolute atomic E-state index is 0.0354. The monoisotopic (exact) mass is 403 g/mol. The van der Waals surface area contributed by atoms with E-state index in [1.807, 2.05) is 55.5 Å². The zero-order valence-corrected chi connectivity index (χ0v) is 17.0. The van der Waals surface area contributed by atoms with E-state index in [9.17, 15) is 9.59 Å². The third kappa shape index (κ3) is 4.92. The van der Waals surface area contributed by atoms with Gasteiger partial charge in [-0.1, -0.05) is 54.1 Å². The summed E-state index contributed by atoms with van der Waals surface area (Å²) in [5, 5.41) is 7.07. The Morgan fingerprint density at radius 1 is 1.03 bits per heavy atom. The van der Waals surface area contributed by atoms with Crippen LogP contribution >= 0.6 is 0 Å². The number of rotatable bonds is 7. The fraction of sp³-hybridized carbons (Fsp3) is 0.304. The van der Waals surface area contributed by atoms with E-state index >= 15 is 0 Å². The van der Waals surface area contributed by atoms with Crippen molar-refractivity contribution < 1.29 is 9.59 Å². The lowest BCUT2D eigenvalue weighted by Crippen LogP contribution is -2.32. The normalized spacial score (nSPS) is 16.1. The lowest BCUT2D eigenvalue weighted by molar-refractivity contribution is -0.129. The molecule has 7 nitrogen and oxygen atoms in total. The summed E-state index contributed by atoms with van der Waals surface area (Å²) in [5.41, 5.74) is 4.41. The Morgan fingerprint density at radius 2 is 1.70 bits per heavy atom. The molecule has 3 aromatic rings. The minimum Gasteiger partial charge on any atom is -0.352 e. The van der Waals surface area contributed by atoms with Crippen LogP contribution in [0.15, 0.2) is 61.2 Å². The largest absolute Gasteiger partial charge is 0.352 e. The summed E-state index contributed by atoms with van der Waals surface area (Å²) in [7, 11) is 0. The summed E-state index contributed by atoms with van der Waals surface area (Å²) in [5.74, 6) is -0.329. The van der Waals surface area contributed by atoms with Gasteiger partial charge in [0.1, 0.15) is 12.7 Å². The average molecular weight is 403 g/mol. The summed E-state index contributed by atoms with van der Waals surface area (Å²) in [4.78, 5) is 30.6. The Balaban J connectivity index is 1.26. The molecular formula is C23H25N5O2. The van der Waals surface area contributed by atoms with Crippen LogP contribution in [0.3, 0.4) is 0 Å². The molecule has 1 N–H and O–H groups in total. The van der Waals surface area contributed by atoms with Gasteiger partial charge < -0.3 is 10.2 Å². The Hall–Kier alpha value is -3.48. The Labute approximate surface area is 175 Å². The maximum Gasteiger partial charge on any atom is 0.225 e. The van der Waals surface area contributed by atoms with E-state index in [0.717, 1.165) is 16.7 Å². The quantitative estimate of drug-likeness (QED) is 0.656. The first kappa shape index (κ1) is 19.8. The smallest absolute Gasteiger partial charge is 0.225 e. The third-order valence-corrected chi connectivity index (χ3v) is 5.38. The number of carbonyl (C=O) groups excluding carboxylic acids is 2. The molecule has 0 spiro atoms. The highest BCUT2D eigenvalue weighted by Gasteiger charge is 2.34.